The molecule has 1 atom stereocenters. The van der Waals surface area contributed by atoms with Crippen molar-refractivity contribution < 1.29 is 13.2 Å². The molecule has 0 spiro atoms. The number of pyridine rings is 1. The molecule has 5 nitrogen and oxygen atoms in total. The molecule has 2 aromatic rings. The van der Waals surface area contributed by atoms with Crippen LogP contribution in [0, 0.1) is 20.8 Å². The highest BCUT2D eigenvalue weighted by Crippen LogP contribution is 2.26. The second-order valence-electron chi connectivity index (χ2n) is 6.33. The lowest BCUT2D eigenvalue weighted by Gasteiger charge is -2.18. The zero-order valence-electron chi connectivity index (χ0n) is 14.2. The molecular formula is C18H22N2O3S. The van der Waals surface area contributed by atoms with Gasteiger partial charge in [-0.1, -0.05) is 18.2 Å². The minimum Gasteiger partial charge on any atom is -0.473 e. The highest BCUT2D eigenvalue weighted by molar-refractivity contribution is 7.89. The third-order valence-corrected chi connectivity index (χ3v) is 6.25. The first-order valence-corrected chi connectivity index (χ1v) is 9.47. The molecule has 1 aliphatic rings. The summed E-state index contributed by atoms with van der Waals surface area (Å²) in [5, 5.41) is 0. The molecule has 3 rings (SSSR count). The van der Waals surface area contributed by atoms with Gasteiger partial charge in [0.2, 0.25) is 15.9 Å². The molecule has 1 aromatic heterocycles. The lowest BCUT2D eigenvalue weighted by atomic mass is 10.2. The molecule has 0 N–H and O–H groups in total. The summed E-state index contributed by atoms with van der Waals surface area (Å²) >= 11 is 0. The van der Waals surface area contributed by atoms with Gasteiger partial charge in [0, 0.05) is 18.8 Å². The van der Waals surface area contributed by atoms with Gasteiger partial charge in [-0.3, -0.25) is 0 Å². The molecule has 128 valence electrons. The number of rotatable bonds is 4. The first-order valence-electron chi connectivity index (χ1n) is 8.03. The minimum atomic E-state index is -3.49. The minimum absolute atomic E-state index is 0.167. The zero-order chi connectivity index (χ0) is 17.3. The molecule has 0 amide bonds. The Morgan fingerprint density at radius 3 is 2.58 bits per heavy atom. The SMILES string of the molecule is Cc1ccc(OC2CCN(S(=O)(=O)c3cc(C)ccc3C)C2)nc1. The van der Waals surface area contributed by atoms with E-state index in [2.05, 4.69) is 4.98 Å². The van der Waals surface area contributed by atoms with Crippen LogP contribution in [0.15, 0.2) is 41.4 Å². The Morgan fingerprint density at radius 2 is 1.88 bits per heavy atom. The van der Waals surface area contributed by atoms with Gasteiger partial charge in [0.25, 0.3) is 0 Å². The van der Waals surface area contributed by atoms with Crippen LogP contribution in [0.1, 0.15) is 23.1 Å². The lowest BCUT2D eigenvalue weighted by molar-refractivity contribution is 0.207. The maximum Gasteiger partial charge on any atom is 0.243 e. The van der Waals surface area contributed by atoms with Gasteiger partial charge in [-0.25, -0.2) is 13.4 Å². The van der Waals surface area contributed by atoms with E-state index in [0.29, 0.717) is 30.3 Å². The summed E-state index contributed by atoms with van der Waals surface area (Å²) in [6, 6.07) is 9.26. The fraction of sp³-hybridized carbons (Fsp3) is 0.389. The first-order chi connectivity index (χ1) is 11.4. The number of benzene rings is 1. The van der Waals surface area contributed by atoms with Crippen LogP contribution in [-0.4, -0.2) is 36.9 Å². The van der Waals surface area contributed by atoms with E-state index in [0.717, 1.165) is 16.7 Å². The normalized spacial score (nSPS) is 18.7. The lowest BCUT2D eigenvalue weighted by Crippen LogP contribution is -2.31. The van der Waals surface area contributed by atoms with E-state index in [1.54, 1.807) is 12.3 Å². The van der Waals surface area contributed by atoms with E-state index in [-0.39, 0.29) is 6.10 Å². The monoisotopic (exact) mass is 346 g/mol. The van der Waals surface area contributed by atoms with E-state index in [4.69, 9.17) is 4.74 Å². The van der Waals surface area contributed by atoms with E-state index in [9.17, 15) is 8.42 Å². The van der Waals surface area contributed by atoms with Crippen molar-refractivity contribution in [3.05, 3.63) is 53.2 Å². The summed E-state index contributed by atoms with van der Waals surface area (Å²) in [7, 11) is -3.49. The Hall–Kier alpha value is -1.92. The molecule has 1 unspecified atom stereocenters. The standard InChI is InChI=1S/C18H22N2O3S/c1-13-4-6-15(3)17(10-13)24(21,22)20-9-8-16(12-20)23-18-7-5-14(2)11-19-18/h4-7,10-11,16H,8-9,12H2,1-3H3. The summed E-state index contributed by atoms with van der Waals surface area (Å²) in [4.78, 5) is 4.61. The van der Waals surface area contributed by atoms with Gasteiger partial charge in [0.05, 0.1) is 11.4 Å². The van der Waals surface area contributed by atoms with Crippen LogP contribution in [0.5, 0.6) is 5.88 Å². The van der Waals surface area contributed by atoms with Crippen LogP contribution in [0.4, 0.5) is 0 Å². The van der Waals surface area contributed by atoms with Crippen molar-refractivity contribution in [1.29, 1.82) is 0 Å². The highest BCUT2D eigenvalue weighted by Gasteiger charge is 2.34. The van der Waals surface area contributed by atoms with E-state index >= 15 is 0 Å². The third kappa shape index (κ3) is 3.44. The molecule has 1 saturated heterocycles. The Kier molecular flexibility index (Phi) is 4.60. The summed E-state index contributed by atoms with van der Waals surface area (Å²) < 4.78 is 33.1. The largest absolute Gasteiger partial charge is 0.473 e. The molecule has 24 heavy (non-hydrogen) atoms. The van der Waals surface area contributed by atoms with Gasteiger partial charge < -0.3 is 4.74 Å². The first kappa shape index (κ1) is 16.9. The second kappa shape index (κ2) is 6.53. The summed E-state index contributed by atoms with van der Waals surface area (Å²) in [6.07, 6.45) is 2.24. The van der Waals surface area contributed by atoms with Crippen molar-refractivity contribution in [3.63, 3.8) is 0 Å². The Labute approximate surface area is 143 Å². The predicted molar refractivity (Wildman–Crippen MR) is 92.7 cm³/mol. The molecule has 0 aliphatic carbocycles. The molecule has 2 heterocycles. The van der Waals surface area contributed by atoms with Gasteiger partial charge in [-0.15, -0.1) is 0 Å². The average Bonchev–Trinajstić information content (AvgIpc) is 3.01. The van der Waals surface area contributed by atoms with Gasteiger partial charge in [-0.2, -0.15) is 4.31 Å². The molecular weight excluding hydrogens is 324 g/mol. The Bertz CT molecular complexity index is 832. The van der Waals surface area contributed by atoms with Crippen LogP contribution in [0.2, 0.25) is 0 Å². The smallest absolute Gasteiger partial charge is 0.243 e. The van der Waals surface area contributed by atoms with Crippen LogP contribution in [0.25, 0.3) is 0 Å². The van der Waals surface area contributed by atoms with Gasteiger partial charge >= 0.3 is 0 Å². The molecule has 0 bridgehead atoms. The number of aryl methyl sites for hydroxylation is 3. The van der Waals surface area contributed by atoms with Crippen molar-refractivity contribution >= 4 is 10.0 Å². The molecule has 1 aliphatic heterocycles. The Balaban J connectivity index is 1.74. The van der Waals surface area contributed by atoms with Crippen LogP contribution in [-0.2, 0) is 10.0 Å². The van der Waals surface area contributed by atoms with Gasteiger partial charge in [-0.05, 0) is 49.9 Å². The van der Waals surface area contributed by atoms with Gasteiger partial charge in [0.1, 0.15) is 6.10 Å². The van der Waals surface area contributed by atoms with Crippen LogP contribution < -0.4 is 4.74 Å². The van der Waals surface area contributed by atoms with Crippen molar-refractivity contribution in [2.45, 2.75) is 38.2 Å². The maximum atomic E-state index is 12.9. The number of sulfonamides is 1. The van der Waals surface area contributed by atoms with E-state index < -0.39 is 10.0 Å². The van der Waals surface area contributed by atoms with Crippen molar-refractivity contribution in [2.24, 2.45) is 0 Å². The van der Waals surface area contributed by atoms with Crippen molar-refractivity contribution in [3.8, 4) is 5.88 Å². The summed E-state index contributed by atoms with van der Waals surface area (Å²) in [5.74, 6) is 0.539. The summed E-state index contributed by atoms with van der Waals surface area (Å²) in [5.41, 5.74) is 2.77. The zero-order valence-corrected chi connectivity index (χ0v) is 15.0. The Morgan fingerprint density at radius 1 is 1.12 bits per heavy atom. The quantitative estimate of drug-likeness (QED) is 0.854. The second-order valence-corrected chi connectivity index (χ2v) is 8.24. The number of hydrogen-bond donors (Lipinski definition) is 0. The highest BCUT2D eigenvalue weighted by atomic mass is 32.2. The fourth-order valence-corrected chi connectivity index (χ4v) is 4.63. The fourth-order valence-electron chi connectivity index (χ4n) is 2.83. The molecule has 0 saturated carbocycles. The molecule has 1 fully saturated rings. The van der Waals surface area contributed by atoms with E-state index in [1.165, 1.54) is 4.31 Å². The summed E-state index contributed by atoms with van der Waals surface area (Å²) in [6.45, 7) is 6.51. The molecule has 0 radical (unpaired) electrons. The number of aromatic nitrogens is 1. The maximum absolute atomic E-state index is 12.9. The third-order valence-electron chi connectivity index (χ3n) is 4.24. The molecule has 1 aromatic carbocycles. The predicted octanol–water partition coefficient (Wildman–Crippen LogP) is 2.85. The van der Waals surface area contributed by atoms with Crippen LogP contribution in [0.3, 0.4) is 0 Å². The van der Waals surface area contributed by atoms with E-state index in [1.807, 2.05) is 45.0 Å². The number of ether oxygens (including phenoxy) is 1. The molecule has 6 heteroatoms. The van der Waals surface area contributed by atoms with Crippen molar-refractivity contribution in [1.82, 2.24) is 9.29 Å². The van der Waals surface area contributed by atoms with Gasteiger partial charge in [0.15, 0.2) is 0 Å². The number of nitrogens with zero attached hydrogens (tertiary/aromatic N) is 2. The average molecular weight is 346 g/mol. The van der Waals surface area contributed by atoms with Crippen molar-refractivity contribution in [2.75, 3.05) is 13.1 Å². The number of hydrogen-bond acceptors (Lipinski definition) is 4. The van der Waals surface area contributed by atoms with Crippen LogP contribution >= 0.6 is 0 Å². The topological polar surface area (TPSA) is 59.5 Å².